The molecule has 23 heavy (non-hydrogen) atoms. The Morgan fingerprint density at radius 2 is 1.96 bits per heavy atom. The van der Waals surface area contributed by atoms with E-state index in [-0.39, 0.29) is 5.91 Å². The molecule has 122 valence electrons. The van der Waals surface area contributed by atoms with Crippen LogP contribution in [0.2, 0.25) is 0 Å². The van der Waals surface area contributed by atoms with Crippen molar-refractivity contribution in [2.24, 2.45) is 0 Å². The second kappa shape index (κ2) is 7.79. The van der Waals surface area contributed by atoms with E-state index < -0.39 is 0 Å². The van der Waals surface area contributed by atoms with Gasteiger partial charge in [-0.2, -0.15) is 0 Å². The molecular formula is C16H20N4OS2. The number of hydrogen-bond acceptors (Lipinski definition) is 6. The van der Waals surface area contributed by atoms with E-state index in [1.807, 2.05) is 35.2 Å². The molecule has 0 aliphatic heterocycles. The maximum absolute atomic E-state index is 12.9. The fraction of sp³-hybridized carbons (Fsp3) is 0.438. The van der Waals surface area contributed by atoms with Crippen molar-refractivity contribution < 1.29 is 4.79 Å². The maximum Gasteiger partial charge on any atom is 0.237 e. The lowest BCUT2D eigenvalue weighted by molar-refractivity contribution is -0.116. The number of hydrogen-bond donors (Lipinski definition) is 1. The molecule has 7 heteroatoms. The monoisotopic (exact) mass is 348 g/mol. The zero-order valence-electron chi connectivity index (χ0n) is 12.9. The third kappa shape index (κ3) is 4.23. The SMILES string of the molecule is Nc1nnc(SCC(=O)N(c2ccccc2)C2CCCCC2)s1. The van der Waals surface area contributed by atoms with E-state index in [0.29, 0.717) is 16.9 Å². The fourth-order valence-corrected chi connectivity index (χ4v) is 4.45. The normalized spacial score (nSPS) is 15.5. The first-order valence-electron chi connectivity index (χ1n) is 7.83. The molecule has 1 aliphatic carbocycles. The first-order chi connectivity index (χ1) is 11.2. The van der Waals surface area contributed by atoms with Gasteiger partial charge < -0.3 is 10.6 Å². The molecule has 1 heterocycles. The topological polar surface area (TPSA) is 72.1 Å². The van der Waals surface area contributed by atoms with E-state index in [9.17, 15) is 4.79 Å². The predicted octanol–water partition coefficient (Wildman–Crippen LogP) is 3.58. The van der Waals surface area contributed by atoms with Gasteiger partial charge in [-0.15, -0.1) is 10.2 Å². The molecule has 0 atom stereocenters. The first-order valence-corrected chi connectivity index (χ1v) is 9.63. The summed E-state index contributed by atoms with van der Waals surface area (Å²) in [7, 11) is 0. The van der Waals surface area contributed by atoms with Gasteiger partial charge in [0.05, 0.1) is 5.75 Å². The minimum absolute atomic E-state index is 0.127. The first kappa shape index (κ1) is 16.3. The van der Waals surface area contributed by atoms with Gasteiger partial charge in [0, 0.05) is 11.7 Å². The number of anilines is 2. The molecule has 1 amide bonds. The number of nitrogens with two attached hydrogens (primary N) is 1. The highest BCUT2D eigenvalue weighted by Crippen LogP contribution is 2.29. The van der Waals surface area contributed by atoms with Crippen molar-refractivity contribution in [1.82, 2.24) is 10.2 Å². The largest absolute Gasteiger partial charge is 0.374 e. The predicted molar refractivity (Wildman–Crippen MR) is 95.8 cm³/mol. The van der Waals surface area contributed by atoms with Crippen molar-refractivity contribution >= 4 is 39.8 Å². The van der Waals surface area contributed by atoms with Gasteiger partial charge >= 0.3 is 0 Å². The van der Waals surface area contributed by atoms with Gasteiger partial charge in [0.2, 0.25) is 11.0 Å². The second-order valence-electron chi connectivity index (χ2n) is 5.59. The van der Waals surface area contributed by atoms with Crippen molar-refractivity contribution in [1.29, 1.82) is 0 Å². The summed E-state index contributed by atoms with van der Waals surface area (Å²) < 4.78 is 0.743. The zero-order chi connectivity index (χ0) is 16.1. The average Bonchev–Trinajstić information content (AvgIpc) is 3.01. The molecule has 0 radical (unpaired) electrons. The highest BCUT2D eigenvalue weighted by atomic mass is 32.2. The Morgan fingerprint density at radius 3 is 2.61 bits per heavy atom. The van der Waals surface area contributed by atoms with Crippen LogP contribution in [-0.4, -0.2) is 27.9 Å². The Labute approximate surface area is 144 Å². The number of carbonyl (C=O) groups is 1. The van der Waals surface area contributed by atoms with Gasteiger partial charge in [0.15, 0.2) is 4.34 Å². The molecule has 1 aliphatic rings. The van der Waals surface area contributed by atoms with Crippen LogP contribution in [0.15, 0.2) is 34.7 Å². The summed E-state index contributed by atoms with van der Waals surface area (Å²) in [5.41, 5.74) is 6.58. The van der Waals surface area contributed by atoms with E-state index in [1.54, 1.807) is 0 Å². The summed E-state index contributed by atoms with van der Waals surface area (Å²) in [5, 5.41) is 8.19. The molecule has 2 aromatic rings. The van der Waals surface area contributed by atoms with E-state index in [1.165, 1.54) is 42.4 Å². The summed E-state index contributed by atoms with van der Waals surface area (Å²) in [5.74, 6) is 0.488. The van der Waals surface area contributed by atoms with Crippen LogP contribution >= 0.6 is 23.1 Å². The Kier molecular flexibility index (Phi) is 5.51. The highest BCUT2D eigenvalue weighted by molar-refractivity contribution is 8.01. The van der Waals surface area contributed by atoms with Crippen molar-refractivity contribution in [2.75, 3.05) is 16.4 Å². The lowest BCUT2D eigenvalue weighted by Gasteiger charge is -2.34. The van der Waals surface area contributed by atoms with Crippen LogP contribution in [-0.2, 0) is 4.79 Å². The second-order valence-corrected chi connectivity index (χ2v) is 7.82. The van der Waals surface area contributed by atoms with Crippen LogP contribution in [0.25, 0.3) is 0 Å². The Bertz CT molecular complexity index is 641. The smallest absolute Gasteiger partial charge is 0.237 e. The van der Waals surface area contributed by atoms with Gasteiger partial charge in [-0.3, -0.25) is 4.79 Å². The quantitative estimate of drug-likeness (QED) is 0.836. The number of para-hydroxylation sites is 1. The minimum atomic E-state index is 0.127. The fourth-order valence-electron chi connectivity index (χ4n) is 2.96. The number of amides is 1. The van der Waals surface area contributed by atoms with Crippen molar-refractivity contribution in [3.05, 3.63) is 30.3 Å². The molecular weight excluding hydrogens is 328 g/mol. The molecule has 0 bridgehead atoms. The molecule has 0 spiro atoms. The molecule has 2 N–H and O–H groups in total. The average molecular weight is 348 g/mol. The summed E-state index contributed by atoms with van der Waals surface area (Å²) in [6, 6.07) is 10.3. The molecule has 3 rings (SSSR count). The van der Waals surface area contributed by atoms with Crippen LogP contribution < -0.4 is 10.6 Å². The number of carbonyl (C=O) groups excluding carboxylic acids is 1. The summed E-state index contributed by atoms with van der Waals surface area (Å²) in [6.07, 6.45) is 5.82. The van der Waals surface area contributed by atoms with Crippen molar-refractivity contribution in [3.8, 4) is 0 Å². The molecule has 0 unspecified atom stereocenters. The van der Waals surface area contributed by atoms with E-state index >= 15 is 0 Å². The van der Waals surface area contributed by atoms with Gasteiger partial charge in [-0.25, -0.2) is 0 Å². The summed E-state index contributed by atoms with van der Waals surface area (Å²) in [6.45, 7) is 0. The lowest BCUT2D eigenvalue weighted by Crippen LogP contribution is -2.42. The summed E-state index contributed by atoms with van der Waals surface area (Å²) >= 11 is 2.73. The zero-order valence-corrected chi connectivity index (χ0v) is 14.5. The Morgan fingerprint density at radius 1 is 1.22 bits per heavy atom. The number of nitrogens with zero attached hydrogens (tertiary/aromatic N) is 3. The van der Waals surface area contributed by atoms with Crippen LogP contribution in [0.1, 0.15) is 32.1 Å². The Hall–Kier alpha value is -1.60. The van der Waals surface area contributed by atoms with E-state index in [0.717, 1.165) is 22.9 Å². The molecule has 1 fully saturated rings. The number of rotatable bonds is 5. The van der Waals surface area contributed by atoms with Gasteiger partial charge in [0.1, 0.15) is 0 Å². The van der Waals surface area contributed by atoms with Crippen LogP contribution in [0, 0.1) is 0 Å². The molecule has 1 aromatic carbocycles. The highest BCUT2D eigenvalue weighted by Gasteiger charge is 2.26. The van der Waals surface area contributed by atoms with Gasteiger partial charge in [-0.1, -0.05) is 60.6 Å². The third-order valence-corrected chi connectivity index (χ3v) is 5.85. The number of aromatic nitrogens is 2. The van der Waals surface area contributed by atoms with E-state index in [4.69, 9.17) is 5.73 Å². The lowest BCUT2D eigenvalue weighted by atomic mass is 9.93. The molecule has 0 saturated heterocycles. The number of benzene rings is 1. The van der Waals surface area contributed by atoms with Crippen molar-refractivity contribution in [2.45, 2.75) is 42.5 Å². The van der Waals surface area contributed by atoms with Crippen LogP contribution in [0.5, 0.6) is 0 Å². The van der Waals surface area contributed by atoms with Crippen LogP contribution in [0.4, 0.5) is 10.8 Å². The van der Waals surface area contributed by atoms with Gasteiger partial charge in [-0.05, 0) is 25.0 Å². The number of thioether (sulfide) groups is 1. The number of nitrogen functional groups attached to an aromatic ring is 1. The molecule has 1 aromatic heterocycles. The van der Waals surface area contributed by atoms with Gasteiger partial charge in [0.25, 0.3) is 0 Å². The summed E-state index contributed by atoms with van der Waals surface area (Å²) in [4.78, 5) is 14.8. The molecule has 5 nitrogen and oxygen atoms in total. The van der Waals surface area contributed by atoms with Crippen LogP contribution in [0.3, 0.4) is 0 Å². The maximum atomic E-state index is 12.9. The van der Waals surface area contributed by atoms with Crippen molar-refractivity contribution in [3.63, 3.8) is 0 Å². The minimum Gasteiger partial charge on any atom is -0.374 e. The standard InChI is InChI=1S/C16H20N4OS2/c17-15-18-19-16(23-15)22-11-14(21)20(12-7-3-1-4-8-12)13-9-5-2-6-10-13/h1,3-4,7-8,13H,2,5-6,9-11H2,(H2,17,18). The third-order valence-electron chi connectivity index (χ3n) is 3.98. The molecule has 1 saturated carbocycles. The Balaban J connectivity index is 1.72. The van der Waals surface area contributed by atoms with E-state index in [2.05, 4.69) is 10.2 Å².